The molecule has 4 rings (SSSR count). The molecule has 1 aromatic carbocycles. The Morgan fingerprint density at radius 3 is 2.44 bits per heavy atom. The number of ether oxygens (including phenoxy) is 2. The lowest BCUT2D eigenvalue weighted by Crippen LogP contribution is -2.39. The number of amides is 2. The van der Waals surface area contributed by atoms with Gasteiger partial charge < -0.3 is 25.0 Å². The molecular weight excluding hydrogens is 456 g/mol. The SMILES string of the molecule is COc1cc(C2=CCNCC2)ccc1C(=O)Nc1ccc(C2=CCN(C(=O)OC(C)(C)C)CC2)cn1. The Morgan fingerprint density at radius 2 is 1.83 bits per heavy atom. The van der Waals surface area contributed by atoms with Crippen molar-refractivity contribution in [3.63, 3.8) is 0 Å². The van der Waals surface area contributed by atoms with Crippen LogP contribution in [0.15, 0.2) is 48.7 Å². The first-order valence-corrected chi connectivity index (χ1v) is 12.3. The van der Waals surface area contributed by atoms with Gasteiger partial charge in [-0.1, -0.05) is 18.2 Å². The predicted octanol–water partition coefficient (Wildman–Crippen LogP) is 4.74. The Kier molecular flexibility index (Phi) is 7.74. The van der Waals surface area contributed by atoms with Crippen molar-refractivity contribution in [1.82, 2.24) is 15.2 Å². The highest BCUT2D eigenvalue weighted by atomic mass is 16.6. The second-order valence-corrected chi connectivity index (χ2v) is 9.89. The summed E-state index contributed by atoms with van der Waals surface area (Å²) in [6.07, 6.45) is 7.29. The zero-order valence-electron chi connectivity index (χ0n) is 21.4. The van der Waals surface area contributed by atoms with Gasteiger partial charge in [-0.3, -0.25) is 4.79 Å². The topological polar surface area (TPSA) is 92.8 Å². The minimum atomic E-state index is -0.512. The minimum Gasteiger partial charge on any atom is -0.496 e. The quantitative estimate of drug-likeness (QED) is 0.629. The van der Waals surface area contributed by atoms with Gasteiger partial charge in [0, 0.05) is 25.8 Å². The molecule has 0 radical (unpaired) electrons. The molecule has 8 heteroatoms. The molecule has 0 atom stereocenters. The fourth-order valence-electron chi connectivity index (χ4n) is 4.23. The Morgan fingerprint density at radius 1 is 1.06 bits per heavy atom. The third-order valence-corrected chi connectivity index (χ3v) is 6.12. The fraction of sp³-hybridized carbons (Fsp3) is 0.393. The molecule has 190 valence electrons. The first-order valence-electron chi connectivity index (χ1n) is 12.3. The molecule has 0 spiro atoms. The normalized spacial score (nSPS) is 16.1. The number of carbonyl (C=O) groups excluding carboxylic acids is 2. The lowest BCUT2D eigenvalue weighted by Gasteiger charge is -2.29. The van der Waals surface area contributed by atoms with E-state index in [9.17, 15) is 9.59 Å². The van der Waals surface area contributed by atoms with Gasteiger partial charge in [-0.05, 0) is 86.7 Å². The monoisotopic (exact) mass is 490 g/mol. The first kappa shape index (κ1) is 25.4. The highest BCUT2D eigenvalue weighted by molar-refractivity contribution is 6.06. The van der Waals surface area contributed by atoms with Crippen molar-refractivity contribution in [3.05, 3.63) is 65.4 Å². The van der Waals surface area contributed by atoms with E-state index < -0.39 is 5.60 Å². The van der Waals surface area contributed by atoms with Crippen LogP contribution in [0.2, 0.25) is 0 Å². The van der Waals surface area contributed by atoms with Crippen molar-refractivity contribution in [3.8, 4) is 5.75 Å². The third-order valence-electron chi connectivity index (χ3n) is 6.12. The number of pyridine rings is 1. The molecular formula is C28H34N4O4. The maximum atomic E-state index is 13.0. The third kappa shape index (κ3) is 6.31. The van der Waals surface area contributed by atoms with Gasteiger partial charge in [0.15, 0.2) is 0 Å². The average Bonchev–Trinajstić information content (AvgIpc) is 2.88. The van der Waals surface area contributed by atoms with Crippen molar-refractivity contribution >= 4 is 29.0 Å². The van der Waals surface area contributed by atoms with Gasteiger partial charge in [0.25, 0.3) is 5.91 Å². The molecule has 2 N–H and O–H groups in total. The Labute approximate surface area is 212 Å². The molecule has 0 fully saturated rings. The number of anilines is 1. The first-order chi connectivity index (χ1) is 17.2. The van der Waals surface area contributed by atoms with E-state index in [1.807, 2.05) is 45.0 Å². The van der Waals surface area contributed by atoms with Crippen molar-refractivity contribution in [2.75, 3.05) is 38.6 Å². The summed E-state index contributed by atoms with van der Waals surface area (Å²) in [6, 6.07) is 9.39. The molecule has 36 heavy (non-hydrogen) atoms. The van der Waals surface area contributed by atoms with E-state index in [0.29, 0.717) is 36.6 Å². The summed E-state index contributed by atoms with van der Waals surface area (Å²) in [5, 5.41) is 6.17. The Hall–Kier alpha value is -3.65. The lowest BCUT2D eigenvalue weighted by atomic mass is 9.98. The summed E-state index contributed by atoms with van der Waals surface area (Å²) < 4.78 is 11.0. The number of benzene rings is 1. The Balaban J connectivity index is 1.39. The molecule has 2 aliphatic rings. The highest BCUT2D eigenvalue weighted by Gasteiger charge is 2.24. The molecule has 0 aliphatic carbocycles. The molecule has 2 aromatic rings. The molecule has 0 saturated carbocycles. The summed E-state index contributed by atoms with van der Waals surface area (Å²) in [7, 11) is 1.57. The molecule has 2 amide bonds. The van der Waals surface area contributed by atoms with Gasteiger partial charge in [-0.25, -0.2) is 9.78 Å². The Bertz CT molecular complexity index is 1180. The van der Waals surface area contributed by atoms with Crippen LogP contribution in [0.4, 0.5) is 10.6 Å². The van der Waals surface area contributed by atoms with E-state index in [-0.39, 0.29) is 12.0 Å². The van der Waals surface area contributed by atoms with E-state index >= 15 is 0 Å². The standard InChI is InChI=1S/C28H34N4O4/c1-28(2,3)36-27(34)32-15-11-20(12-16-32)22-6-8-25(30-18-22)31-26(33)23-7-5-21(17-24(23)35-4)19-9-13-29-14-10-19/h5-9,11,17-18,29H,10,12-16H2,1-4H3,(H,30,31,33). The molecule has 2 aliphatic heterocycles. The smallest absolute Gasteiger partial charge is 0.410 e. The zero-order chi connectivity index (χ0) is 25.7. The number of hydrogen-bond donors (Lipinski definition) is 2. The lowest BCUT2D eigenvalue weighted by molar-refractivity contribution is 0.0270. The van der Waals surface area contributed by atoms with Crippen LogP contribution in [0, 0.1) is 0 Å². The van der Waals surface area contributed by atoms with Gasteiger partial charge in [0.1, 0.15) is 17.2 Å². The van der Waals surface area contributed by atoms with Crippen molar-refractivity contribution in [1.29, 1.82) is 0 Å². The maximum absolute atomic E-state index is 13.0. The summed E-state index contributed by atoms with van der Waals surface area (Å²) >= 11 is 0. The summed E-state index contributed by atoms with van der Waals surface area (Å²) in [5.41, 5.74) is 4.35. The molecule has 0 saturated heterocycles. The van der Waals surface area contributed by atoms with E-state index in [0.717, 1.165) is 36.2 Å². The summed E-state index contributed by atoms with van der Waals surface area (Å²) in [6.45, 7) is 8.45. The van der Waals surface area contributed by atoms with Crippen LogP contribution in [-0.2, 0) is 4.74 Å². The zero-order valence-corrected chi connectivity index (χ0v) is 21.4. The van der Waals surface area contributed by atoms with Gasteiger partial charge >= 0.3 is 6.09 Å². The molecule has 1 aromatic heterocycles. The number of hydrogen-bond acceptors (Lipinski definition) is 6. The van der Waals surface area contributed by atoms with E-state index in [1.165, 1.54) is 5.57 Å². The predicted molar refractivity (Wildman–Crippen MR) is 141 cm³/mol. The van der Waals surface area contributed by atoms with Crippen LogP contribution in [0.5, 0.6) is 5.75 Å². The summed E-state index contributed by atoms with van der Waals surface area (Å²) in [5.74, 6) is 0.716. The van der Waals surface area contributed by atoms with Crippen molar-refractivity contribution < 1.29 is 19.1 Å². The van der Waals surface area contributed by atoms with Crippen LogP contribution in [0.3, 0.4) is 0 Å². The van der Waals surface area contributed by atoms with Gasteiger partial charge in [0.2, 0.25) is 0 Å². The minimum absolute atomic E-state index is 0.275. The van der Waals surface area contributed by atoms with Gasteiger partial charge in [-0.2, -0.15) is 0 Å². The van der Waals surface area contributed by atoms with Crippen LogP contribution in [-0.4, -0.2) is 60.8 Å². The number of nitrogens with zero attached hydrogens (tertiary/aromatic N) is 2. The van der Waals surface area contributed by atoms with E-state index in [4.69, 9.17) is 9.47 Å². The number of aromatic nitrogens is 1. The number of nitrogens with one attached hydrogen (secondary N) is 2. The van der Waals surface area contributed by atoms with Crippen LogP contribution < -0.4 is 15.4 Å². The maximum Gasteiger partial charge on any atom is 0.410 e. The second-order valence-electron chi connectivity index (χ2n) is 9.89. The highest BCUT2D eigenvalue weighted by Crippen LogP contribution is 2.28. The molecule has 0 bridgehead atoms. The molecule has 0 unspecified atom stereocenters. The largest absolute Gasteiger partial charge is 0.496 e. The van der Waals surface area contributed by atoms with Crippen LogP contribution >= 0.6 is 0 Å². The molecule has 8 nitrogen and oxygen atoms in total. The van der Waals surface area contributed by atoms with Crippen molar-refractivity contribution in [2.45, 2.75) is 39.2 Å². The van der Waals surface area contributed by atoms with Gasteiger partial charge in [0.05, 0.1) is 12.7 Å². The second kappa shape index (κ2) is 11.0. The molecule has 3 heterocycles. The summed E-state index contributed by atoms with van der Waals surface area (Å²) in [4.78, 5) is 31.3. The van der Waals surface area contributed by atoms with E-state index in [1.54, 1.807) is 30.3 Å². The van der Waals surface area contributed by atoms with Crippen LogP contribution in [0.25, 0.3) is 11.1 Å². The average molecular weight is 491 g/mol. The van der Waals surface area contributed by atoms with Gasteiger partial charge in [-0.15, -0.1) is 0 Å². The van der Waals surface area contributed by atoms with Crippen molar-refractivity contribution in [2.24, 2.45) is 0 Å². The number of methoxy groups -OCH3 is 1. The number of carbonyl (C=O) groups is 2. The van der Waals surface area contributed by atoms with E-state index in [2.05, 4.69) is 21.7 Å². The number of rotatable bonds is 5. The van der Waals surface area contributed by atoms with Crippen LogP contribution in [0.1, 0.15) is 55.1 Å². The fourth-order valence-corrected chi connectivity index (χ4v) is 4.23.